The highest BCUT2D eigenvalue weighted by molar-refractivity contribution is 7.90. The van der Waals surface area contributed by atoms with E-state index in [1.807, 2.05) is 24.3 Å². The molecular weight excluding hydrogens is 384 g/mol. The number of hydrogen-bond donors (Lipinski definition) is 2. The summed E-state index contributed by atoms with van der Waals surface area (Å²) in [4.78, 5) is 4.73. The summed E-state index contributed by atoms with van der Waals surface area (Å²) in [5.74, 6) is 0.838. The van der Waals surface area contributed by atoms with Crippen LogP contribution in [0.4, 0.5) is 11.5 Å². The van der Waals surface area contributed by atoms with Crippen LogP contribution in [0.1, 0.15) is 36.4 Å². The molecule has 29 heavy (non-hydrogen) atoms. The Kier molecular flexibility index (Phi) is 4.64. The van der Waals surface area contributed by atoms with Crippen LogP contribution < -0.4 is 10.0 Å². The summed E-state index contributed by atoms with van der Waals surface area (Å²) in [6, 6.07) is 18.2. The molecule has 0 bridgehead atoms. The predicted molar refractivity (Wildman–Crippen MR) is 116 cm³/mol. The van der Waals surface area contributed by atoms with Gasteiger partial charge in [-0.1, -0.05) is 24.3 Å². The van der Waals surface area contributed by atoms with E-state index in [0.29, 0.717) is 18.8 Å². The zero-order valence-electron chi connectivity index (χ0n) is 16.1. The largest absolute Gasteiger partial charge is 0.363 e. The second-order valence-electron chi connectivity index (χ2n) is 7.75. The second kappa shape index (κ2) is 7.31. The molecule has 3 aromatic rings. The summed E-state index contributed by atoms with van der Waals surface area (Å²) in [5.41, 5.74) is 4.16. The zero-order chi connectivity index (χ0) is 19.8. The maximum Gasteiger partial charge on any atom is 0.301 e. The van der Waals surface area contributed by atoms with Crippen LogP contribution in [-0.2, 0) is 16.6 Å². The maximum absolute atomic E-state index is 12.5. The van der Waals surface area contributed by atoms with E-state index in [1.54, 1.807) is 6.07 Å². The molecule has 1 atom stereocenters. The fourth-order valence-electron chi connectivity index (χ4n) is 4.30. The van der Waals surface area contributed by atoms with Crippen molar-refractivity contribution in [3.05, 3.63) is 65.7 Å². The minimum atomic E-state index is -3.48. The fourth-order valence-corrected chi connectivity index (χ4v) is 5.59. The standard InChI is InChI=1S/C22H24N4O2S/c27-29(28,26-13-3-4-14-26)25-18-9-11-20-17(15-18)8-12-22(23-20)24-21-10-7-16-5-1-2-6-19(16)21/h1-2,5-6,8-9,11-12,15,21,25H,3-4,7,10,13-14H2,(H,23,24)/t21-/m1/s1. The van der Waals surface area contributed by atoms with Gasteiger partial charge < -0.3 is 5.32 Å². The average molecular weight is 409 g/mol. The van der Waals surface area contributed by atoms with E-state index in [4.69, 9.17) is 4.98 Å². The van der Waals surface area contributed by atoms with Crippen LogP contribution in [0.2, 0.25) is 0 Å². The number of anilines is 2. The minimum absolute atomic E-state index is 0.280. The van der Waals surface area contributed by atoms with E-state index in [0.717, 1.165) is 42.4 Å². The van der Waals surface area contributed by atoms with Crippen LogP contribution in [0.25, 0.3) is 10.9 Å². The van der Waals surface area contributed by atoms with Crippen molar-refractivity contribution < 1.29 is 8.42 Å². The summed E-state index contributed by atoms with van der Waals surface area (Å²) in [6.07, 6.45) is 3.99. The van der Waals surface area contributed by atoms with Crippen LogP contribution in [-0.4, -0.2) is 30.8 Å². The molecule has 2 aliphatic rings. The summed E-state index contributed by atoms with van der Waals surface area (Å²) in [5, 5.41) is 4.46. The number of nitrogens with zero attached hydrogens (tertiary/aromatic N) is 2. The van der Waals surface area contributed by atoms with E-state index in [-0.39, 0.29) is 6.04 Å². The van der Waals surface area contributed by atoms with Crippen LogP contribution in [0, 0.1) is 0 Å². The van der Waals surface area contributed by atoms with Gasteiger partial charge in [0.1, 0.15) is 5.82 Å². The first-order valence-corrected chi connectivity index (χ1v) is 11.6. The van der Waals surface area contributed by atoms with Crippen molar-refractivity contribution in [2.24, 2.45) is 0 Å². The number of nitrogens with one attached hydrogen (secondary N) is 2. The Bertz CT molecular complexity index is 1160. The van der Waals surface area contributed by atoms with Crippen molar-refractivity contribution in [2.45, 2.75) is 31.7 Å². The summed E-state index contributed by atoms with van der Waals surface area (Å²) >= 11 is 0. The molecule has 5 rings (SSSR count). The molecule has 1 aliphatic heterocycles. The van der Waals surface area contributed by atoms with E-state index in [1.165, 1.54) is 15.4 Å². The summed E-state index contributed by atoms with van der Waals surface area (Å²) in [7, 11) is -3.48. The van der Waals surface area contributed by atoms with Crippen LogP contribution in [0.3, 0.4) is 0 Å². The number of fused-ring (bicyclic) bond motifs is 2. The number of pyridine rings is 1. The molecule has 6 nitrogen and oxygen atoms in total. The molecule has 0 unspecified atom stereocenters. The highest BCUT2D eigenvalue weighted by atomic mass is 32.2. The first-order valence-electron chi connectivity index (χ1n) is 10.1. The molecule has 1 saturated heterocycles. The van der Waals surface area contributed by atoms with Crippen molar-refractivity contribution in [1.82, 2.24) is 9.29 Å². The van der Waals surface area contributed by atoms with Gasteiger partial charge in [0.25, 0.3) is 0 Å². The second-order valence-corrected chi connectivity index (χ2v) is 9.42. The van der Waals surface area contributed by atoms with E-state index >= 15 is 0 Å². The Labute approximate surface area is 171 Å². The van der Waals surface area contributed by atoms with Gasteiger partial charge in [-0.2, -0.15) is 12.7 Å². The number of hydrogen-bond acceptors (Lipinski definition) is 4. The molecule has 1 fully saturated rings. The topological polar surface area (TPSA) is 74.3 Å². The number of rotatable bonds is 5. The van der Waals surface area contributed by atoms with Gasteiger partial charge in [-0.3, -0.25) is 4.72 Å². The molecule has 150 valence electrons. The van der Waals surface area contributed by atoms with Crippen LogP contribution in [0.15, 0.2) is 54.6 Å². The third-order valence-electron chi connectivity index (χ3n) is 5.80. The van der Waals surface area contributed by atoms with Gasteiger partial charge in [0.05, 0.1) is 17.2 Å². The normalized spacial score (nSPS) is 19.4. The smallest absolute Gasteiger partial charge is 0.301 e. The molecule has 0 saturated carbocycles. The van der Waals surface area contributed by atoms with Crippen molar-refractivity contribution in [2.75, 3.05) is 23.1 Å². The lowest BCUT2D eigenvalue weighted by molar-refractivity contribution is 0.482. The Morgan fingerprint density at radius 1 is 1.00 bits per heavy atom. The Hall–Kier alpha value is -2.64. The molecule has 0 spiro atoms. The lowest BCUT2D eigenvalue weighted by Crippen LogP contribution is -2.33. The highest BCUT2D eigenvalue weighted by Crippen LogP contribution is 2.33. The SMILES string of the molecule is O=S(=O)(Nc1ccc2nc(N[C@@H]3CCc4ccccc43)ccc2c1)N1CCCC1. The molecule has 2 heterocycles. The Morgan fingerprint density at radius 2 is 1.83 bits per heavy atom. The van der Waals surface area contributed by atoms with Gasteiger partial charge in [-0.15, -0.1) is 0 Å². The number of aryl methyl sites for hydroxylation is 1. The van der Waals surface area contributed by atoms with Crippen molar-refractivity contribution in [3.8, 4) is 0 Å². The van der Waals surface area contributed by atoms with Crippen molar-refractivity contribution in [1.29, 1.82) is 0 Å². The minimum Gasteiger partial charge on any atom is -0.363 e. The van der Waals surface area contributed by atoms with Gasteiger partial charge in [0, 0.05) is 18.5 Å². The lowest BCUT2D eigenvalue weighted by atomic mass is 10.1. The zero-order valence-corrected chi connectivity index (χ0v) is 17.0. The third kappa shape index (κ3) is 3.68. The number of benzene rings is 2. The fraction of sp³-hybridized carbons (Fsp3) is 0.318. The Balaban J connectivity index is 1.35. The van der Waals surface area contributed by atoms with E-state index in [2.05, 4.69) is 34.3 Å². The lowest BCUT2D eigenvalue weighted by Gasteiger charge is -2.17. The quantitative estimate of drug-likeness (QED) is 0.667. The van der Waals surface area contributed by atoms with Gasteiger partial charge >= 0.3 is 10.2 Å². The van der Waals surface area contributed by atoms with Gasteiger partial charge in [0.15, 0.2) is 0 Å². The summed E-state index contributed by atoms with van der Waals surface area (Å²) < 4.78 is 29.1. The van der Waals surface area contributed by atoms with E-state index < -0.39 is 10.2 Å². The third-order valence-corrected chi connectivity index (χ3v) is 7.33. The molecule has 2 N–H and O–H groups in total. The van der Waals surface area contributed by atoms with E-state index in [9.17, 15) is 8.42 Å². The van der Waals surface area contributed by atoms with Gasteiger partial charge in [0.2, 0.25) is 0 Å². The molecule has 1 aliphatic carbocycles. The predicted octanol–water partition coefficient (Wildman–Crippen LogP) is 4.09. The van der Waals surface area contributed by atoms with Gasteiger partial charge in [-0.25, -0.2) is 4.98 Å². The summed E-state index contributed by atoms with van der Waals surface area (Å²) in [6.45, 7) is 1.17. The van der Waals surface area contributed by atoms with Crippen LogP contribution >= 0.6 is 0 Å². The molecule has 7 heteroatoms. The molecule has 2 aromatic carbocycles. The monoisotopic (exact) mass is 408 g/mol. The first-order chi connectivity index (χ1) is 14.1. The highest BCUT2D eigenvalue weighted by Gasteiger charge is 2.25. The number of aromatic nitrogens is 1. The molecular formula is C22H24N4O2S. The molecule has 1 aromatic heterocycles. The Morgan fingerprint density at radius 3 is 2.69 bits per heavy atom. The van der Waals surface area contributed by atoms with Crippen molar-refractivity contribution in [3.63, 3.8) is 0 Å². The van der Waals surface area contributed by atoms with Crippen molar-refractivity contribution >= 4 is 32.6 Å². The molecule has 0 radical (unpaired) electrons. The van der Waals surface area contributed by atoms with Gasteiger partial charge in [-0.05, 0) is 67.1 Å². The average Bonchev–Trinajstić information content (AvgIpc) is 3.39. The molecule has 0 amide bonds. The first kappa shape index (κ1) is 18.4. The maximum atomic E-state index is 12.5. The van der Waals surface area contributed by atoms with Crippen LogP contribution in [0.5, 0.6) is 0 Å².